The minimum atomic E-state index is -0.0109. The van der Waals surface area contributed by atoms with Gasteiger partial charge in [-0.3, -0.25) is 9.78 Å². The maximum absolute atomic E-state index is 12.0. The molecule has 86 valence electrons. The average Bonchev–Trinajstić information content (AvgIpc) is 2.19. The molecule has 0 unspecified atom stereocenters. The molecule has 1 saturated carbocycles. The van der Waals surface area contributed by atoms with E-state index in [0.717, 1.165) is 28.9 Å². The van der Waals surface area contributed by atoms with Gasteiger partial charge in [-0.2, -0.15) is 0 Å². The number of carbonyl (C=O) groups excluding carboxylic acids is 1. The number of hydrogen-bond acceptors (Lipinski definition) is 2. The topological polar surface area (TPSA) is 42.0 Å². The highest BCUT2D eigenvalue weighted by Crippen LogP contribution is 2.26. The van der Waals surface area contributed by atoms with Crippen molar-refractivity contribution in [1.82, 2.24) is 10.3 Å². The number of rotatable bonds is 2. The lowest BCUT2D eigenvalue weighted by Gasteiger charge is -2.33. The largest absolute Gasteiger partial charge is 0.349 e. The third-order valence-electron chi connectivity index (χ3n) is 3.01. The van der Waals surface area contributed by atoms with Crippen molar-refractivity contribution in [2.75, 3.05) is 0 Å². The number of nitrogens with zero attached hydrogens (tertiary/aromatic N) is 1. The Morgan fingerprint density at radius 3 is 2.88 bits per heavy atom. The second-order valence-corrected chi connectivity index (χ2v) is 5.45. The minimum Gasteiger partial charge on any atom is -0.349 e. The van der Waals surface area contributed by atoms with Gasteiger partial charge in [-0.05, 0) is 47.7 Å². The van der Waals surface area contributed by atoms with Gasteiger partial charge in [-0.1, -0.05) is 6.92 Å². The summed E-state index contributed by atoms with van der Waals surface area (Å²) in [4.78, 5) is 16.1. The predicted molar refractivity (Wildman–Crippen MR) is 66.3 cm³/mol. The molecule has 1 amide bonds. The Morgan fingerprint density at radius 1 is 1.56 bits per heavy atom. The number of aryl methyl sites for hydroxylation is 1. The van der Waals surface area contributed by atoms with Crippen molar-refractivity contribution in [3.05, 3.63) is 28.0 Å². The van der Waals surface area contributed by atoms with Crippen LogP contribution in [0.3, 0.4) is 0 Å². The van der Waals surface area contributed by atoms with Crippen LogP contribution in [-0.4, -0.2) is 16.9 Å². The first-order chi connectivity index (χ1) is 7.56. The fourth-order valence-electron chi connectivity index (χ4n) is 2.02. The van der Waals surface area contributed by atoms with Crippen molar-refractivity contribution >= 4 is 21.8 Å². The van der Waals surface area contributed by atoms with Crippen LogP contribution in [0, 0.1) is 12.8 Å². The molecule has 1 N–H and O–H groups in total. The molecule has 0 bridgehead atoms. The molecule has 3 nitrogen and oxygen atoms in total. The summed E-state index contributed by atoms with van der Waals surface area (Å²) in [5, 5.41) is 3.03. The fraction of sp³-hybridized carbons (Fsp3) is 0.500. The second-order valence-electron chi connectivity index (χ2n) is 4.53. The summed E-state index contributed by atoms with van der Waals surface area (Å²) in [5.41, 5.74) is 1.43. The van der Waals surface area contributed by atoms with Crippen molar-refractivity contribution in [2.24, 2.45) is 5.92 Å². The first-order valence-electron chi connectivity index (χ1n) is 5.49. The van der Waals surface area contributed by atoms with E-state index in [1.807, 2.05) is 13.0 Å². The zero-order chi connectivity index (χ0) is 11.7. The van der Waals surface area contributed by atoms with E-state index in [2.05, 4.69) is 33.2 Å². The molecule has 0 saturated heterocycles. The van der Waals surface area contributed by atoms with Crippen LogP contribution < -0.4 is 5.32 Å². The minimum absolute atomic E-state index is 0.0109. The Bertz CT molecular complexity index is 413. The van der Waals surface area contributed by atoms with E-state index in [-0.39, 0.29) is 5.91 Å². The lowest BCUT2D eigenvalue weighted by molar-refractivity contribution is 0.0895. The molecular formula is C12H15BrN2O. The van der Waals surface area contributed by atoms with Gasteiger partial charge in [-0.15, -0.1) is 0 Å². The van der Waals surface area contributed by atoms with Gasteiger partial charge in [-0.25, -0.2) is 0 Å². The lowest BCUT2D eigenvalue weighted by atomic mass is 9.82. The lowest BCUT2D eigenvalue weighted by Crippen LogP contribution is -2.43. The van der Waals surface area contributed by atoms with E-state index in [0.29, 0.717) is 11.6 Å². The number of carbonyl (C=O) groups is 1. The molecule has 0 atom stereocenters. The van der Waals surface area contributed by atoms with Gasteiger partial charge in [0.25, 0.3) is 5.91 Å². The van der Waals surface area contributed by atoms with Crippen molar-refractivity contribution < 1.29 is 4.79 Å². The van der Waals surface area contributed by atoms with Gasteiger partial charge in [0.05, 0.1) is 11.3 Å². The number of halogens is 1. The van der Waals surface area contributed by atoms with E-state index in [9.17, 15) is 4.79 Å². The highest BCUT2D eigenvalue weighted by Gasteiger charge is 2.27. The molecule has 4 heteroatoms. The number of aromatic nitrogens is 1. The van der Waals surface area contributed by atoms with Crippen LogP contribution in [0.15, 0.2) is 16.7 Å². The third-order valence-corrected chi connectivity index (χ3v) is 3.44. The van der Waals surface area contributed by atoms with Crippen LogP contribution in [0.4, 0.5) is 0 Å². The van der Waals surface area contributed by atoms with Crippen molar-refractivity contribution in [3.63, 3.8) is 0 Å². The van der Waals surface area contributed by atoms with Crippen molar-refractivity contribution in [2.45, 2.75) is 32.7 Å². The molecule has 0 radical (unpaired) electrons. The number of nitrogens with one attached hydrogen (secondary N) is 1. The monoisotopic (exact) mass is 282 g/mol. The SMILES string of the molecule is Cc1ncc(Br)cc1C(=O)NC1CC(C)C1. The molecule has 1 fully saturated rings. The van der Waals surface area contributed by atoms with E-state index >= 15 is 0 Å². The van der Waals surface area contributed by atoms with E-state index < -0.39 is 0 Å². The Kier molecular flexibility index (Phi) is 3.28. The smallest absolute Gasteiger partial charge is 0.253 e. The van der Waals surface area contributed by atoms with Crippen molar-refractivity contribution in [1.29, 1.82) is 0 Å². The van der Waals surface area contributed by atoms with Gasteiger partial charge in [0.1, 0.15) is 0 Å². The summed E-state index contributed by atoms with van der Waals surface area (Å²) >= 11 is 3.33. The molecule has 0 aliphatic heterocycles. The van der Waals surface area contributed by atoms with Crippen LogP contribution in [0.2, 0.25) is 0 Å². The molecule has 1 aliphatic carbocycles. The summed E-state index contributed by atoms with van der Waals surface area (Å²) in [7, 11) is 0. The molecule has 1 aromatic heterocycles. The van der Waals surface area contributed by atoms with Gasteiger partial charge in [0.2, 0.25) is 0 Å². The summed E-state index contributed by atoms with van der Waals surface area (Å²) in [6.07, 6.45) is 3.88. The summed E-state index contributed by atoms with van der Waals surface area (Å²) in [6, 6.07) is 2.17. The van der Waals surface area contributed by atoms with Gasteiger partial charge >= 0.3 is 0 Å². The molecule has 1 aliphatic rings. The Hall–Kier alpha value is -0.900. The number of hydrogen-bond donors (Lipinski definition) is 1. The average molecular weight is 283 g/mol. The normalized spacial score (nSPS) is 23.7. The van der Waals surface area contributed by atoms with Gasteiger partial charge in [0, 0.05) is 16.7 Å². The third kappa shape index (κ3) is 2.43. The standard InChI is InChI=1S/C12H15BrN2O/c1-7-3-10(4-7)15-12(16)11-5-9(13)6-14-8(11)2/h5-7,10H,3-4H2,1-2H3,(H,15,16). The first-order valence-corrected chi connectivity index (χ1v) is 6.28. The summed E-state index contributed by atoms with van der Waals surface area (Å²) in [5.74, 6) is 0.732. The van der Waals surface area contributed by atoms with Crippen molar-refractivity contribution in [3.8, 4) is 0 Å². The predicted octanol–water partition coefficient (Wildman–Crippen LogP) is 2.68. The summed E-state index contributed by atoms with van der Waals surface area (Å²) in [6.45, 7) is 4.05. The number of amides is 1. The molecule has 1 aromatic rings. The van der Waals surface area contributed by atoms with E-state index in [4.69, 9.17) is 0 Å². The van der Waals surface area contributed by atoms with E-state index in [1.54, 1.807) is 6.20 Å². The van der Waals surface area contributed by atoms with Gasteiger partial charge in [0.15, 0.2) is 0 Å². The Morgan fingerprint density at radius 2 is 2.25 bits per heavy atom. The molecule has 0 aromatic carbocycles. The highest BCUT2D eigenvalue weighted by molar-refractivity contribution is 9.10. The Balaban J connectivity index is 2.05. The Labute approximate surface area is 104 Å². The van der Waals surface area contributed by atoms with Crippen LogP contribution in [0.25, 0.3) is 0 Å². The maximum atomic E-state index is 12.0. The quantitative estimate of drug-likeness (QED) is 0.906. The maximum Gasteiger partial charge on any atom is 0.253 e. The van der Waals surface area contributed by atoms with Crippen LogP contribution in [0.1, 0.15) is 35.8 Å². The van der Waals surface area contributed by atoms with Crippen LogP contribution in [-0.2, 0) is 0 Å². The molecular weight excluding hydrogens is 268 g/mol. The molecule has 2 rings (SSSR count). The fourth-order valence-corrected chi connectivity index (χ4v) is 2.35. The van der Waals surface area contributed by atoms with Gasteiger partial charge < -0.3 is 5.32 Å². The molecule has 0 spiro atoms. The zero-order valence-corrected chi connectivity index (χ0v) is 11.0. The molecule has 16 heavy (non-hydrogen) atoms. The van der Waals surface area contributed by atoms with Crippen LogP contribution in [0.5, 0.6) is 0 Å². The molecule has 1 heterocycles. The highest BCUT2D eigenvalue weighted by atomic mass is 79.9. The summed E-state index contributed by atoms with van der Waals surface area (Å²) < 4.78 is 0.838. The second kappa shape index (κ2) is 4.53. The van der Waals surface area contributed by atoms with E-state index in [1.165, 1.54) is 0 Å². The van der Waals surface area contributed by atoms with Crippen LogP contribution >= 0.6 is 15.9 Å². The zero-order valence-electron chi connectivity index (χ0n) is 9.46. The number of pyridine rings is 1. The first kappa shape index (κ1) is 11.6.